The summed E-state index contributed by atoms with van der Waals surface area (Å²) in [7, 11) is 0. The number of rotatable bonds is 7. The van der Waals surface area contributed by atoms with E-state index in [4.69, 9.17) is 4.74 Å². The van der Waals surface area contributed by atoms with Crippen LogP contribution in [0.2, 0.25) is 0 Å². The van der Waals surface area contributed by atoms with Crippen molar-refractivity contribution >= 4 is 11.7 Å². The number of phenols is 1. The molecule has 0 spiro atoms. The van der Waals surface area contributed by atoms with Crippen LogP contribution in [0.4, 0.5) is 5.69 Å². The lowest BCUT2D eigenvalue weighted by Crippen LogP contribution is -2.31. The van der Waals surface area contributed by atoms with Gasteiger partial charge < -0.3 is 9.84 Å². The topological polar surface area (TPSA) is 102 Å². The summed E-state index contributed by atoms with van der Waals surface area (Å²) >= 11 is 0. The van der Waals surface area contributed by atoms with Gasteiger partial charge in [0.1, 0.15) is 11.8 Å². The number of nitro groups is 1. The van der Waals surface area contributed by atoms with Gasteiger partial charge in [0, 0.05) is 18.7 Å². The van der Waals surface area contributed by atoms with Crippen molar-refractivity contribution in [3.63, 3.8) is 0 Å². The summed E-state index contributed by atoms with van der Waals surface area (Å²) in [5.74, 6) is -0.210. The molecule has 2 aromatic carbocycles. The van der Waals surface area contributed by atoms with Crippen LogP contribution in [0, 0.1) is 10.1 Å². The Morgan fingerprint density at radius 2 is 1.66 bits per heavy atom. The lowest BCUT2D eigenvalue weighted by molar-refractivity contribution is -0.384. The van der Waals surface area contributed by atoms with Gasteiger partial charge in [-0.05, 0) is 52.1 Å². The van der Waals surface area contributed by atoms with Crippen molar-refractivity contribution in [1.29, 1.82) is 0 Å². The summed E-state index contributed by atoms with van der Waals surface area (Å²) in [4.78, 5) is 23.5. The molecule has 1 unspecified atom stereocenters. The Hall–Kier alpha value is -2.93. The molecule has 0 heterocycles. The maximum absolute atomic E-state index is 12.9. The van der Waals surface area contributed by atoms with Gasteiger partial charge in [-0.25, -0.2) is 4.79 Å². The lowest BCUT2D eigenvalue weighted by Gasteiger charge is -2.29. The van der Waals surface area contributed by atoms with E-state index in [2.05, 4.69) is 5.32 Å². The van der Waals surface area contributed by atoms with Crippen molar-refractivity contribution in [3.8, 4) is 5.75 Å². The summed E-state index contributed by atoms with van der Waals surface area (Å²) in [5.41, 5.74) is 2.14. The molecule has 0 aromatic heterocycles. The first-order valence-electron chi connectivity index (χ1n) is 10.8. The molecule has 0 aliphatic heterocycles. The second kappa shape index (κ2) is 9.69. The number of ether oxygens (including phenoxy) is 1. The van der Waals surface area contributed by atoms with Crippen molar-refractivity contribution in [2.45, 2.75) is 71.9 Å². The number of nitro benzene ring substituents is 1. The number of nitrogens with zero attached hydrogens (tertiary/aromatic N) is 1. The average Bonchev–Trinajstić information content (AvgIpc) is 2.67. The molecule has 2 N–H and O–H groups in total. The van der Waals surface area contributed by atoms with Crippen LogP contribution in [0.15, 0.2) is 36.4 Å². The highest BCUT2D eigenvalue weighted by atomic mass is 16.6. The molecule has 0 radical (unpaired) electrons. The molecule has 2 aromatic rings. The summed E-state index contributed by atoms with van der Waals surface area (Å²) in [6.07, 6.45) is 0. The van der Waals surface area contributed by atoms with Crippen LogP contribution in [-0.4, -0.2) is 22.6 Å². The maximum atomic E-state index is 12.9. The molecule has 2 rings (SSSR count). The Labute approximate surface area is 190 Å². The third-order valence-corrected chi connectivity index (χ3v) is 5.24. The molecule has 0 fully saturated rings. The van der Waals surface area contributed by atoms with E-state index < -0.39 is 16.9 Å². The van der Waals surface area contributed by atoms with Crippen molar-refractivity contribution in [2.75, 3.05) is 6.61 Å². The third kappa shape index (κ3) is 6.07. The maximum Gasteiger partial charge on any atom is 0.327 e. The van der Waals surface area contributed by atoms with Gasteiger partial charge in [-0.2, -0.15) is 0 Å². The fourth-order valence-corrected chi connectivity index (χ4v) is 3.53. The van der Waals surface area contributed by atoms with Gasteiger partial charge >= 0.3 is 5.97 Å². The van der Waals surface area contributed by atoms with Crippen molar-refractivity contribution in [1.82, 2.24) is 5.32 Å². The first-order chi connectivity index (χ1) is 14.8. The predicted octanol–water partition coefficient (Wildman–Crippen LogP) is 5.29. The Balaban J connectivity index is 2.54. The molecule has 0 bridgehead atoms. The highest BCUT2D eigenvalue weighted by Crippen LogP contribution is 2.41. The number of hydrogen-bond donors (Lipinski definition) is 2. The van der Waals surface area contributed by atoms with Gasteiger partial charge in [0.25, 0.3) is 5.69 Å². The Bertz CT molecular complexity index is 952. The van der Waals surface area contributed by atoms with Gasteiger partial charge in [0.05, 0.1) is 11.5 Å². The van der Waals surface area contributed by atoms with Gasteiger partial charge in [0.2, 0.25) is 0 Å². The van der Waals surface area contributed by atoms with Crippen molar-refractivity contribution in [2.24, 2.45) is 0 Å². The Kier molecular flexibility index (Phi) is 7.67. The summed E-state index contributed by atoms with van der Waals surface area (Å²) < 4.78 is 5.32. The number of hydrogen-bond acceptors (Lipinski definition) is 6. The minimum absolute atomic E-state index is 0.00773. The predicted molar refractivity (Wildman–Crippen MR) is 125 cm³/mol. The second-order valence-corrected chi connectivity index (χ2v) is 9.96. The molecule has 1 atom stereocenters. The molecule has 0 saturated carbocycles. The number of benzene rings is 2. The van der Waals surface area contributed by atoms with Gasteiger partial charge in [-0.1, -0.05) is 53.7 Å². The zero-order valence-electron chi connectivity index (χ0n) is 20.0. The van der Waals surface area contributed by atoms with Crippen LogP contribution in [0.25, 0.3) is 0 Å². The highest BCUT2D eigenvalue weighted by Gasteiger charge is 2.30. The molecule has 0 saturated heterocycles. The van der Waals surface area contributed by atoms with E-state index in [0.717, 1.165) is 11.1 Å². The Morgan fingerprint density at radius 1 is 1.09 bits per heavy atom. The summed E-state index contributed by atoms with van der Waals surface area (Å²) in [6, 6.07) is 9.17. The molecule has 0 aliphatic carbocycles. The first kappa shape index (κ1) is 25.3. The van der Waals surface area contributed by atoms with E-state index >= 15 is 0 Å². The molecule has 7 heteroatoms. The van der Waals surface area contributed by atoms with E-state index in [9.17, 15) is 20.0 Å². The van der Waals surface area contributed by atoms with Gasteiger partial charge in [-0.15, -0.1) is 0 Å². The van der Waals surface area contributed by atoms with Crippen molar-refractivity contribution < 1.29 is 19.6 Å². The number of esters is 1. The minimum Gasteiger partial charge on any atom is -0.507 e. The van der Waals surface area contributed by atoms with E-state index in [1.807, 2.05) is 53.7 Å². The molecular weight excluding hydrogens is 408 g/mol. The molecule has 32 heavy (non-hydrogen) atoms. The number of carbonyl (C=O) groups excluding carboxylic acids is 1. The molecule has 0 amide bonds. The fourth-order valence-electron chi connectivity index (χ4n) is 3.53. The minimum atomic E-state index is -0.794. The van der Waals surface area contributed by atoms with Crippen molar-refractivity contribution in [3.05, 3.63) is 68.8 Å². The normalized spacial score (nSPS) is 13.0. The van der Waals surface area contributed by atoms with Crippen LogP contribution in [0.5, 0.6) is 5.75 Å². The van der Waals surface area contributed by atoms with E-state index in [-0.39, 0.29) is 35.4 Å². The van der Waals surface area contributed by atoms with Gasteiger partial charge in [-0.3, -0.25) is 15.4 Å². The average molecular weight is 443 g/mol. The summed E-state index contributed by atoms with van der Waals surface area (Å²) in [6.45, 7) is 14.3. The van der Waals surface area contributed by atoms with E-state index in [1.54, 1.807) is 19.1 Å². The van der Waals surface area contributed by atoms with Crippen LogP contribution in [0.3, 0.4) is 0 Å². The van der Waals surface area contributed by atoms with E-state index in [0.29, 0.717) is 11.1 Å². The number of carbonyl (C=O) groups is 1. The second-order valence-electron chi connectivity index (χ2n) is 9.96. The fraction of sp³-hybridized carbons (Fsp3) is 0.480. The van der Waals surface area contributed by atoms with E-state index in [1.165, 1.54) is 12.1 Å². The SMILES string of the molecule is CCOC(=O)C(NCc1cccc([N+](=O)[O-])c1)c1cc(C(C)(C)C)c(O)c(C(C)(C)C)c1. The van der Waals surface area contributed by atoms with Crippen LogP contribution >= 0.6 is 0 Å². The largest absolute Gasteiger partial charge is 0.507 e. The zero-order valence-corrected chi connectivity index (χ0v) is 20.0. The van der Waals surface area contributed by atoms with Crippen LogP contribution < -0.4 is 5.32 Å². The zero-order chi connectivity index (χ0) is 24.3. The van der Waals surface area contributed by atoms with Crippen LogP contribution in [-0.2, 0) is 26.9 Å². The summed E-state index contributed by atoms with van der Waals surface area (Å²) in [5, 5.41) is 25.3. The standard InChI is InChI=1S/C25H34N2O5/c1-8-32-23(29)21(26-15-16-10-9-11-18(12-16)27(30)31)17-13-19(24(2,3)4)22(28)20(14-17)25(5,6)7/h9-14,21,26,28H,8,15H2,1-7H3. The molecule has 174 valence electrons. The first-order valence-corrected chi connectivity index (χ1v) is 10.8. The number of nitrogens with one attached hydrogen (secondary N) is 1. The number of phenolic OH excluding ortho intramolecular Hbond substituents is 1. The molecule has 7 nitrogen and oxygen atoms in total. The third-order valence-electron chi connectivity index (χ3n) is 5.24. The smallest absolute Gasteiger partial charge is 0.327 e. The molecular formula is C25H34N2O5. The number of aromatic hydroxyl groups is 1. The molecule has 0 aliphatic rings. The van der Waals surface area contributed by atoms with Gasteiger partial charge in [0.15, 0.2) is 0 Å². The monoisotopic (exact) mass is 442 g/mol. The lowest BCUT2D eigenvalue weighted by atomic mass is 9.77. The Morgan fingerprint density at radius 3 is 2.12 bits per heavy atom. The van der Waals surface area contributed by atoms with Crippen LogP contribution in [0.1, 0.15) is 76.8 Å². The number of non-ortho nitro benzene ring substituents is 1. The quantitative estimate of drug-likeness (QED) is 0.343. The highest BCUT2D eigenvalue weighted by molar-refractivity contribution is 5.78.